The van der Waals surface area contributed by atoms with Gasteiger partial charge in [-0.1, -0.05) is 35.5 Å². The molecule has 0 radical (unpaired) electrons. The zero-order valence-corrected chi connectivity index (χ0v) is 14.3. The number of H-pyrrole nitrogens is 1. The Hall–Kier alpha value is -2.64. The number of para-hydroxylation sites is 2. The van der Waals surface area contributed by atoms with Gasteiger partial charge in [0.05, 0.1) is 16.8 Å². The first kappa shape index (κ1) is 15.9. The molecule has 0 fully saturated rings. The minimum Gasteiger partial charge on any atom is -0.414 e. The Bertz CT molecular complexity index is 1010. The van der Waals surface area contributed by atoms with E-state index >= 15 is 0 Å². The summed E-state index contributed by atoms with van der Waals surface area (Å²) >= 11 is 7.15. The van der Waals surface area contributed by atoms with Crippen LogP contribution in [-0.4, -0.2) is 31.7 Å². The molecule has 6 nitrogen and oxygen atoms in total. The third-order valence-corrected chi connectivity index (χ3v) is 4.59. The predicted octanol–water partition coefficient (Wildman–Crippen LogP) is 4.24. The van der Waals surface area contributed by atoms with Crippen molar-refractivity contribution in [3.05, 3.63) is 59.4 Å². The molecular weight excluding hydrogens is 360 g/mol. The second-order valence-corrected chi connectivity index (χ2v) is 6.59. The third-order valence-electron chi connectivity index (χ3n) is 3.46. The lowest BCUT2D eigenvalue weighted by molar-refractivity contribution is 0.0986. The van der Waals surface area contributed by atoms with Crippen LogP contribution >= 0.6 is 23.4 Å². The number of benzene rings is 2. The fourth-order valence-electron chi connectivity index (χ4n) is 2.24. The van der Waals surface area contributed by atoms with Crippen molar-refractivity contribution in [1.82, 2.24) is 20.2 Å². The maximum Gasteiger partial charge on any atom is 0.285 e. The van der Waals surface area contributed by atoms with Crippen molar-refractivity contribution >= 4 is 40.2 Å². The summed E-state index contributed by atoms with van der Waals surface area (Å²) in [5.74, 6) is 0.169. The van der Waals surface area contributed by atoms with Crippen LogP contribution in [0.4, 0.5) is 0 Å². The van der Waals surface area contributed by atoms with Gasteiger partial charge in [-0.25, -0.2) is 4.98 Å². The number of rotatable bonds is 5. The lowest BCUT2D eigenvalue weighted by atomic mass is 10.2. The fraction of sp³-hybridized carbons (Fsp3) is 0.0588. The van der Waals surface area contributed by atoms with Crippen LogP contribution in [0.1, 0.15) is 10.7 Å². The number of nitrogens with one attached hydrogen (secondary N) is 1. The molecule has 4 rings (SSSR count). The number of carbonyl (C=O) groups is 1. The molecule has 0 aliphatic rings. The Morgan fingerprint density at radius 2 is 1.92 bits per heavy atom. The second-order valence-electron chi connectivity index (χ2n) is 5.19. The van der Waals surface area contributed by atoms with Gasteiger partial charge < -0.3 is 9.40 Å². The van der Waals surface area contributed by atoms with Crippen LogP contribution < -0.4 is 0 Å². The van der Waals surface area contributed by atoms with E-state index in [1.165, 1.54) is 11.8 Å². The molecule has 0 atom stereocenters. The monoisotopic (exact) mass is 370 g/mol. The van der Waals surface area contributed by atoms with Crippen LogP contribution in [-0.2, 0) is 0 Å². The summed E-state index contributed by atoms with van der Waals surface area (Å²) in [6.07, 6.45) is 0. The van der Waals surface area contributed by atoms with E-state index in [1.54, 1.807) is 24.3 Å². The molecule has 2 aromatic heterocycles. The Morgan fingerprint density at radius 3 is 2.72 bits per heavy atom. The summed E-state index contributed by atoms with van der Waals surface area (Å²) in [6.45, 7) is 0. The largest absolute Gasteiger partial charge is 0.414 e. The quantitative estimate of drug-likeness (QED) is 0.417. The number of hydrogen-bond acceptors (Lipinski definition) is 6. The van der Waals surface area contributed by atoms with Crippen molar-refractivity contribution in [3.8, 4) is 11.5 Å². The molecule has 25 heavy (non-hydrogen) atoms. The number of aromatic amines is 1. The first-order valence-electron chi connectivity index (χ1n) is 7.39. The number of ketones is 1. The van der Waals surface area contributed by atoms with Crippen LogP contribution in [0.5, 0.6) is 0 Å². The minimum absolute atomic E-state index is 0.0199. The minimum atomic E-state index is -0.252. The number of fused-ring (bicyclic) bond motifs is 1. The molecule has 0 saturated carbocycles. The second kappa shape index (κ2) is 6.70. The maximum absolute atomic E-state index is 12.3. The van der Waals surface area contributed by atoms with Crippen LogP contribution in [0.15, 0.2) is 58.1 Å². The highest BCUT2D eigenvalue weighted by molar-refractivity contribution is 7.99. The topological polar surface area (TPSA) is 84.7 Å². The molecule has 0 spiro atoms. The molecule has 124 valence electrons. The summed E-state index contributed by atoms with van der Waals surface area (Å²) in [4.78, 5) is 19.8. The number of halogens is 1. The molecule has 8 heteroatoms. The highest BCUT2D eigenvalue weighted by Gasteiger charge is 2.17. The summed E-state index contributed by atoms with van der Waals surface area (Å²) < 4.78 is 5.46. The van der Waals surface area contributed by atoms with Gasteiger partial charge >= 0.3 is 0 Å². The Balaban J connectivity index is 1.45. The van der Waals surface area contributed by atoms with Crippen molar-refractivity contribution < 1.29 is 9.21 Å². The van der Waals surface area contributed by atoms with E-state index in [0.29, 0.717) is 15.7 Å². The maximum atomic E-state index is 12.3. The van der Waals surface area contributed by atoms with E-state index < -0.39 is 0 Å². The van der Waals surface area contributed by atoms with Crippen LogP contribution in [0, 0.1) is 0 Å². The number of imidazole rings is 1. The molecule has 1 N–H and O–H groups in total. The van der Waals surface area contributed by atoms with Gasteiger partial charge in [0, 0.05) is 10.6 Å². The van der Waals surface area contributed by atoms with E-state index in [2.05, 4.69) is 20.2 Å². The summed E-state index contributed by atoms with van der Waals surface area (Å²) in [7, 11) is 0. The van der Waals surface area contributed by atoms with Gasteiger partial charge in [-0.15, -0.1) is 10.2 Å². The van der Waals surface area contributed by atoms with E-state index in [1.807, 2.05) is 24.3 Å². The number of nitrogens with zero attached hydrogens (tertiary/aromatic N) is 3. The molecule has 2 heterocycles. The molecule has 0 saturated heterocycles. The van der Waals surface area contributed by atoms with Gasteiger partial charge in [-0.2, -0.15) is 0 Å². The van der Waals surface area contributed by atoms with Gasteiger partial charge in [-0.3, -0.25) is 4.79 Å². The Labute approximate surface area is 151 Å². The molecule has 0 bridgehead atoms. The molecule has 0 amide bonds. The third kappa shape index (κ3) is 3.42. The summed E-state index contributed by atoms with van der Waals surface area (Å²) in [6, 6.07) is 14.6. The Morgan fingerprint density at radius 1 is 1.12 bits per heavy atom. The van der Waals surface area contributed by atoms with Gasteiger partial charge in [0.1, 0.15) is 0 Å². The number of aromatic nitrogens is 4. The zero-order valence-electron chi connectivity index (χ0n) is 12.8. The van der Waals surface area contributed by atoms with E-state index in [4.69, 9.17) is 16.0 Å². The fourth-order valence-corrected chi connectivity index (χ4v) is 3.10. The first-order chi connectivity index (χ1) is 12.2. The van der Waals surface area contributed by atoms with Crippen molar-refractivity contribution in [2.45, 2.75) is 5.16 Å². The average molecular weight is 371 g/mol. The molecule has 0 unspecified atom stereocenters. The van der Waals surface area contributed by atoms with E-state index in [9.17, 15) is 4.79 Å². The van der Waals surface area contributed by atoms with Crippen LogP contribution in [0.3, 0.4) is 0 Å². The van der Waals surface area contributed by atoms with E-state index in [0.717, 1.165) is 11.0 Å². The van der Waals surface area contributed by atoms with Gasteiger partial charge in [0.15, 0.2) is 5.16 Å². The molecule has 0 aliphatic heterocycles. The lowest BCUT2D eigenvalue weighted by Crippen LogP contribution is -2.03. The van der Waals surface area contributed by atoms with Crippen LogP contribution in [0.2, 0.25) is 5.02 Å². The smallest absolute Gasteiger partial charge is 0.285 e. The number of thioether (sulfide) groups is 1. The van der Waals surface area contributed by atoms with Crippen molar-refractivity contribution in [3.63, 3.8) is 0 Å². The van der Waals surface area contributed by atoms with Crippen molar-refractivity contribution in [1.29, 1.82) is 0 Å². The normalized spacial score (nSPS) is 11.1. The highest BCUT2D eigenvalue weighted by atomic mass is 35.5. The average Bonchev–Trinajstić information content (AvgIpc) is 3.27. The van der Waals surface area contributed by atoms with E-state index in [-0.39, 0.29) is 23.3 Å². The number of carbonyl (C=O) groups excluding carboxylic acids is 1. The molecule has 2 aromatic carbocycles. The van der Waals surface area contributed by atoms with Crippen molar-refractivity contribution in [2.75, 3.05) is 5.75 Å². The zero-order chi connectivity index (χ0) is 17.2. The SMILES string of the molecule is O=C(CSc1nc2ccccc2[nH]1)c1nnc(-c2ccc(Cl)cc2)o1. The van der Waals surface area contributed by atoms with Gasteiger partial charge in [0.2, 0.25) is 11.7 Å². The van der Waals surface area contributed by atoms with Gasteiger partial charge in [-0.05, 0) is 36.4 Å². The standard InChI is InChI=1S/C17H11ClN4O2S/c18-11-7-5-10(6-8-11)15-21-22-16(24-15)14(23)9-25-17-19-12-3-1-2-4-13(12)20-17/h1-8H,9H2,(H,19,20). The number of Topliss-reactive ketones (excluding diaryl/α,β-unsaturated/α-hetero) is 1. The highest BCUT2D eigenvalue weighted by Crippen LogP contribution is 2.22. The first-order valence-corrected chi connectivity index (χ1v) is 8.75. The molecular formula is C17H11ClN4O2S. The lowest BCUT2D eigenvalue weighted by Gasteiger charge is -1.95. The predicted molar refractivity (Wildman–Crippen MR) is 95.9 cm³/mol. The van der Waals surface area contributed by atoms with Gasteiger partial charge in [0.25, 0.3) is 5.89 Å². The molecule has 4 aromatic rings. The Kier molecular flexibility index (Phi) is 4.25. The summed E-state index contributed by atoms with van der Waals surface area (Å²) in [5, 5.41) is 9.03. The summed E-state index contributed by atoms with van der Waals surface area (Å²) in [5.41, 5.74) is 2.50. The molecule has 0 aliphatic carbocycles. The van der Waals surface area contributed by atoms with Crippen LogP contribution in [0.25, 0.3) is 22.5 Å². The number of hydrogen-bond donors (Lipinski definition) is 1. The van der Waals surface area contributed by atoms with Crippen molar-refractivity contribution in [2.24, 2.45) is 0 Å².